The summed E-state index contributed by atoms with van der Waals surface area (Å²) in [7, 11) is 0. The van der Waals surface area contributed by atoms with Crippen molar-refractivity contribution in [3.63, 3.8) is 0 Å². The minimum atomic E-state index is -0.456. The van der Waals surface area contributed by atoms with E-state index < -0.39 is 5.82 Å². The second-order valence-corrected chi connectivity index (χ2v) is 6.00. The average molecular weight is 320 g/mol. The summed E-state index contributed by atoms with van der Waals surface area (Å²) in [6.45, 7) is 5.95. The van der Waals surface area contributed by atoms with Gasteiger partial charge in [-0.3, -0.25) is 4.79 Å². The predicted octanol–water partition coefficient (Wildman–Crippen LogP) is 4.52. The third kappa shape index (κ3) is 4.08. The number of carbonyl (C=O) groups excluding carboxylic acids is 1. The highest BCUT2D eigenvalue weighted by molar-refractivity contribution is 6.30. The Balaban J connectivity index is 2.06. The minimum absolute atomic E-state index is 0.00178. The van der Waals surface area contributed by atoms with E-state index >= 15 is 0 Å². The fourth-order valence-electron chi connectivity index (χ4n) is 2.43. The van der Waals surface area contributed by atoms with Crippen LogP contribution in [0.3, 0.4) is 0 Å². The monoisotopic (exact) mass is 319 g/mol. The molecule has 0 radical (unpaired) electrons. The van der Waals surface area contributed by atoms with E-state index in [2.05, 4.69) is 11.4 Å². The molecule has 2 rings (SSSR count). The molecule has 0 spiro atoms. The number of aryl methyl sites for hydroxylation is 2. The van der Waals surface area contributed by atoms with Crippen molar-refractivity contribution in [1.82, 2.24) is 5.32 Å². The molecule has 1 atom stereocenters. The van der Waals surface area contributed by atoms with Gasteiger partial charge >= 0.3 is 0 Å². The van der Waals surface area contributed by atoms with Crippen LogP contribution in [0.1, 0.15) is 35.2 Å². The van der Waals surface area contributed by atoms with E-state index in [1.54, 1.807) is 12.1 Å². The highest BCUT2D eigenvalue weighted by Crippen LogP contribution is 2.20. The number of benzene rings is 2. The Morgan fingerprint density at radius 3 is 2.64 bits per heavy atom. The van der Waals surface area contributed by atoms with E-state index in [1.807, 2.05) is 32.9 Å². The number of hydrogen-bond acceptors (Lipinski definition) is 1. The fraction of sp³-hybridized carbons (Fsp3) is 0.278. The van der Waals surface area contributed by atoms with Gasteiger partial charge in [0.25, 0.3) is 0 Å². The summed E-state index contributed by atoms with van der Waals surface area (Å²) in [4.78, 5) is 12.1. The standard InChI is InChI=1S/C18H19ClFNO/c1-11-4-5-12(2)16(8-11)13(3)21-18(22)9-14-6-7-15(19)10-17(14)20/h4-8,10,13H,9H2,1-3H3,(H,21,22)/t13-/m0/s1. The molecule has 2 aromatic carbocycles. The molecule has 4 heteroatoms. The highest BCUT2D eigenvalue weighted by Gasteiger charge is 2.14. The van der Waals surface area contributed by atoms with E-state index in [1.165, 1.54) is 6.07 Å². The number of nitrogens with one attached hydrogen (secondary N) is 1. The quantitative estimate of drug-likeness (QED) is 0.882. The van der Waals surface area contributed by atoms with E-state index in [4.69, 9.17) is 11.6 Å². The van der Waals surface area contributed by atoms with Gasteiger partial charge < -0.3 is 5.32 Å². The zero-order valence-corrected chi connectivity index (χ0v) is 13.7. The molecule has 0 aliphatic carbocycles. The maximum atomic E-state index is 13.7. The SMILES string of the molecule is Cc1ccc(C)c([C@H](C)NC(=O)Cc2ccc(Cl)cc2F)c1. The zero-order chi connectivity index (χ0) is 16.3. The molecule has 0 aliphatic rings. The first kappa shape index (κ1) is 16.5. The Bertz CT molecular complexity index is 699. The molecule has 0 aliphatic heterocycles. The number of rotatable bonds is 4. The molecule has 1 N–H and O–H groups in total. The molecule has 0 heterocycles. The number of halogens is 2. The van der Waals surface area contributed by atoms with E-state index in [0.29, 0.717) is 10.6 Å². The summed E-state index contributed by atoms with van der Waals surface area (Å²) < 4.78 is 13.7. The molecule has 0 bridgehead atoms. The second kappa shape index (κ2) is 6.93. The molecule has 22 heavy (non-hydrogen) atoms. The van der Waals surface area contributed by atoms with Crippen LogP contribution in [0.4, 0.5) is 4.39 Å². The number of carbonyl (C=O) groups is 1. The molecule has 0 aromatic heterocycles. The summed E-state index contributed by atoms with van der Waals surface area (Å²) >= 11 is 5.71. The first-order valence-electron chi connectivity index (χ1n) is 7.17. The molecule has 2 nitrogen and oxygen atoms in total. The van der Waals surface area contributed by atoms with Crippen LogP contribution in [0.5, 0.6) is 0 Å². The molecular weight excluding hydrogens is 301 g/mol. The Morgan fingerprint density at radius 1 is 1.23 bits per heavy atom. The predicted molar refractivity (Wildman–Crippen MR) is 87.6 cm³/mol. The van der Waals surface area contributed by atoms with Crippen molar-refractivity contribution in [3.8, 4) is 0 Å². The van der Waals surface area contributed by atoms with Gasteiger partial charge in [0.05, 0.1) is 12.5 Å². The Labute approximate surface area is 135 Å². The van der Waals surface area contributed by atoms with Crippen molar-refractivity contribution < 1.29 is 9.18 Å². The lowest BCUT2D eigenvalue weighted by atomic mass is 9.99. The van der Waals surface area contributed by atoms with Crippen molar-refractivity contribution in [2.24, 2.45) is 0 Å². The van der Waals surface area contributed by atoms with Gasteiger partial charge in [-0.25, -0.2) is 4.39 Å². The maximum absolute atomic E-state index is 13.7. The first-order valence-corrected chi connectivity index (χ1v) is 7.55. The van der Waals surface area contributed by atoms with Gasteiger partial charge in [-0.05, 0) is 49.6 Å². The molecular formula is C18H19ClFNO. The maximum Gasteiger partial charge on any atom is 0.225 e. The zero-order valence-electron chi connectivity index (χ0n) is 12.9. The van der Waals surface area contributed by atoms with Crippen molar-refractivity contribution in [2.75, 3.05) is 0 Å². The third-order valence-corrected chi connectivity index (χ3v) is 3.88. The van der Waals surface area contributed by atoms with Crippen molar-refractivity contribution in [2.45, 2.75) is 33.2 Å². The summed E-state index contributed by atoms with van der Waals surface area (Å²) in [6, 6.07) is 10.4. The van der Waals surface area contributed by atoms with Crippen LogP contribution in [-0.4, -0.2) is 5.91 Å². The van der Waals surface area contributed by atoms with Gasteiger partial charge in [0.2, 0.25) is 5.91 Å². The van der Waals surface area contributed by atoms with Crippen molar-refractivity contribution in [3.05, 3.63) is 69.5 Å². The van der Waals surface area contributed by atoms with Crippen LogP contribution in [0.15, 0.2) is 36.4 Å². The normalized spacial score (nSPS) is 12.0. The van der Waals surface area contributed by atoms with Crippen LogP contribution in [0.2, 0.25) is 5.02 Å². The van der Waals surface area contributed by atoms with Crippen LogP contribution < -0.4 is 5.32 Å². The van der Waals surface area contributed by atoms with E-state index in [9.17, 15) is 9.18 Å². The second-order valence-electron chi connectivity index (χ2n) is 5.56. The summed E-state index contributed by atoms with van der Waals surface area (Å²) in [5.41, 5.74) is 3.68. The van der Waals surface area contributed by atoms with Gasteiger partial charge in [-0.2, -0.15) is 0 Å². The molecule has 0 fully saturated rings. The van der Waals surface area contributed by atoms with Gasteiger partial charge in [-0.15, -0.1) is 0 Å². The van der Waals surface area contributed by atoms with Gasteiger partial charge in [0.1, 0.15) is 5.82 Å². The smallest absolute Gasteiger partial charge is 0.225 e. The summed E-state index contributed by atoms with van der Waals surface area (Å²) in [6.07, 6.45) is -0.00178. The topological polar surface area (TPSA) is 29.1 Å². The largest absolute Gasteiger partial charge is 0.349 e. The Morgan fingerprint density at radius 2 is 1.95 bits per heavy atom. The van der Waals surface area contributed by atoms with Crippen LogP contribution >= 0.6 is 11.6 Å². The third-order valence-electron chi connectivity index (χ3n) is 3.64. The summed E-state index contributed by atoms with van der Waals surface area (Å²) in [5, 5.41) is 3.24. The Kier molecular flexibility index (Phi) is 5.19. The number of amides is 1. The molecule has 2 aromatic rings. The minimum Gasteiger partial charge on any atom is -0.349 e. The van der Waals surface area contributed by atoms with Gasteiger partial charge in [0, 0.05) is 5.02 Å². The lowest BCUT2D eigenvalue weighted by molar-refractivity contribution is -0.121. The van der Waals surface area contributed by atoms with Crippen molar-refractivity contribution >= 4 is 17.5 Å². The Hall–Kier alpha value is -1.87. The van der Waals surface area contributed by atoms with Crippen molar-refractivity contribution in [1.29, 1.82) is 0 Å². The molecule has 116 valence electrons. The molecule has 1 amide bonds. The summed E-state index contributed by atoms with van der Waals surface area (Å²) in [5.74, 6) is -0.670. The molecule has 0 saturated heterocycles. The highest BCUT2D eigenvalue weighted by atomic mass is 35.5. The lowest BCUT2D eigenvalue weighted by Crippen LogP contribution is -2.28. The fourth-order valence-corrected chi connectivity index (χ4v) is 2.59. The molecule has 0 unspecified atom stereocenters. The van der Waals surface area contributed by atoms with Gasteiger partial charge in [-0.1, -0.05) is 41.4 Å². The van der Waals surface area contributed by atoms with Crippen LogP contribution in [0.25, 0.3) is 0 Å². The number of hydrogen-bond donors (Lipinski definition) is 1. The van der Waals surface area contributed by atoms with Crippen LogP contribution in [-0.2, 0) is 11.2 Å². The van der Waals surface area contributed by atoms with E-state index in [-0.39, 0.29) is 18.4 Å². The average Bonchev–Trinajstić information content (AvgIpc) is 2.44. The lowest BCUT2D eigenvalue weighted by Gasteiger charge is -2.17. The van der Waals surface area contributed by atoms with E-state index in [0.717, 1.165) is 16.7 Å². The van der Waals surface area contributed by atoms with Gasteiger partial charge in [0.15, 0.2) is 0 Å². The first-order chi connectivity index (χ1) is 10.4. The van der Waals surface area contributed by atoms with Crippen LogP contribution in [0, 0.1) is 19.7 Å². The molecule has 0 saturated carbocycles.